The molecule has 0 atom stereocenters. The zero-order chi connectivity index (χ0) is 15.2. The van der Waals surface area contributed by atoms with Gasteiger partial charge in [0, 0.05) is 19.3 Å². The second kappa shape index (κ2) is 7.14. The molecule has 0 aromatic heterocycles. The average Bonchev–Trinajstić information content (AvgIpc) is 2.50. The van der Waals surface area contributed by atoms with Gasteiger partial charge in [0.05, 0.1) is 10.7 Å². The van der Waals surface area contributed by atoms with Crippen molar-refractivity contribution in [2.45, 2.75) is 19.8 Å². The number of anilines is 1. The summed E-state index contributed by atoms with van der Waals surface area (Å²) in [4.78, 5) is 14.0. The summed E-state index contributed by atoms with van der Waals surface area (Å²) >= 11 is 6.03. The van der Waals surface area contributed by atoms with Crippen LogP contribution in [-0.2, 0) is 4.79 Å². The predicted molar refractivity (Wildman–Crippen MR) is 83.7 cm³/mol. The molecule has 0 aliphatic carbocycles. The van der Waals surface area contributed by atoms with Crippen LogP contribution >= 0.6 is 11.6 Å². The first-order valence-electron chi connectivity index (χ1n) is 7.02. The van der Waals surface area contributed by atoms with Crippen LogP contribution in [0.15, 0.2) is 36.0 Å². The minimum Gasteiger partial charge on any atom is -0.359 e. The van der Waals surface area contributed by atoms with Gasteiger partial charge < -0.3 is 10.2 Å². The molecular formula is C16H18ClN3O. The lowest BCUT2D eigenvalue weighted by atomic mass is 9.99. The van der Waals surface area contributed by atoms with Gasteiger partial charge in [-0.25, -0.2) is 0 Å². The Hall–Kier alpha value is -1.99. The van der Waals surface area contributed by atoms with Crippen molar-refractivity contribution in [1.82, 2.24) is 4.90 Å². The Bertz CT molecular complexity index is 583. The van der Waals surface area contributed by atoms with Gasteiger partial charge in [0.1, 0.15) is 11.6 Å². The van der Waals surface area contributed by atoms with Crippen LogP contribution in [0.5, 0.6) is 0 Å². The molecule has 1 saturated heterocycles. The highest BCUT2D eigenvalue weighted by molar-refractivity contribution is 6.33. The number of nitrogens with zero attached hydrogens (tertiary/aromatic N) is 2. The van der Waals surface area contributed by atoms with E-state index in [0.717, 1.165) is 12.8 Å². The normalized spacial score (nSPS) is 16.4. The van der Waals surface area contributed by atoms with Crippen LogP contribution in [0.4, 0.5) is 5.69 Å². The molecule has 1 aliphatic heterocycles. The summed E-state index contributed by atoms with van der Waals surface area (Å²) in [5.74, 6) is 0.425. The van der Waals surface area contributed by atoms with E-state index in [2.05, 4.69) is 12.2 Å². The maximum atomic E-state index is 12.3. The number of hydrogen-bond donors (Lipinski definition) is 1. The van der Waals surface area contributed by atoms with Crippen LogP contribution in [0.2, 0.25) is 5.02 Å². The number of para-hydroxylation sites is 1. The molecule has 5 heteroatoms. The molecule has 0 spiro atoms. The Morgan fingerprint density at radius 1 is 1.43 bits per heavy atom. The van der Waals surface area contributed by atoms with E-state index >= 15 is 0 Å². The highest BCUT2D eigenvalue weighted by Crippen LogP contribution is 2.21. The van der Waals surface area contributed by atoms with Gasteiger partial charge in [0.15, 0.2) is 0 Å². The lowest BCUT2D eigenvalue weighted by Gasteiger charge is -2.30. The van der Waals surface area contributed by atoms with E-state index in [4.69, 9.17) is 11.6 Å². The Morgan fingerprint density at radius 3 is 2.71 bits per heavy atom. The Kier molecular flexibility index (Phi) is 5.24. The number of hydrogen-bond acceptors (Lipinski definition) is 3. The molecule has 4 nitrogen and oxygen atoms in total. The third-order valence-corrected chi connectivity index (χ3v) is 4.00. The van der Waals surface area contributed by atoms with E-state index in [9.17, 15) is 10.1 Å². The molecule has 1 heterocycles. The van der Waals surface area contributed by atoms with E-state index in [1.807, 2.05) is 18.2 Å². The first-order valence-corrected chi connectivity index (χ1v) is 7.40. The van der Waals surface area contributed by atoms with E-state index in [-0.39, 0.29) is 11.5 Å². The van der Waals surface area contributed by atoms with Gasteiger partial charge in [-0.15, -0.1) is 0 Å². The topological polar surface area (TPSA) is 56.1 Å². The first kappa shape index (κ1) is 15.4. The summed E-state index contributed by atoms with van der Waals surface area (Å²) in [6, 6.07) is 9.16. The summed E-state index contributed by atoms with van der Waals surface area (Å²) < 4.78 is 0. The Balaban J connectivity index is 2.05. The number of nitrogens with one attached hydrogen (secondary N) is 1. The number of carbonyl (C=O) groups excluding carboxylic acids is 1. The van der Waals surface area contributed by atoms with Crippen LogP contribution in [-0.4, -0.2) is 23.9 Å². The molecular weight excluding hydrogens is 286 g/mol. The lowest BCUT2D eigenvalue weighted by molar-refractivity contribution is -0.128. The molecule has 1 fully saturated rings. The molecule has 110 valence electrons. The van der Waals surface area contributed by atoms with Crippen molar-refractivity contribution >= 4 is 23.2 Å². The highest BCUT2D eigenvalue weighted by Gasteiger charge is 2.22. The molecule has 0 bridgehead atoms. The third-order valence-electron chi connectivity index (χ3n) is 3.67. The van der Waals surface area contributed by atoms with Gasteiger partial charge in [0.2, 0.25) is 0 Å². The third kappa shape index (κ3) is 3.99. The van der Waals surface area contributed by atoms with Crippen LogP contribution in [0.3, 0.4) is 0 Å². The number of amides is 1. The minimum absolute atomic E-state index is 0.101. The number of benzene rings is 1. The van der Waals surface area contributed by atoms with Crippen molar-refractivity contribution in [1.29, 1.82) is 5.26 Å². The summed E-state index contributed by atoms with van der Waals surface area (Å²) in [7, 11) is 0. The number of halogens is 1. The molecule has 1 amide bonds. The van der Waals surface area contributed by atoms with Crippen molar-refractivity contribution in [3.63, 3.8) is 0 Å². The quantitative estimate of drug-likeness (QED) is 0.687. The molecule has 1 aliphatic rings. The van der Waals surface area contributed by atoms with Crippen LogP contribution < -0.4 is 5.32 Å². The maximum absolute atomic E-state index is 12.3. The summed E-state index contributed by atoms with van der Waals surface area (Å²) in [5, 5.41) is 12.7. The fourth-order valence-corrected chi connectivity index (χ4v) is 2.44. The summed E-state index contributed by atoms with van der Waals surface area (Å²) in [6.07, 6.45) is 3.41. The van der Waals surface area contributed by atoms with Crippen LogP contribution in [0, 0.1) is 17.2 Å². The number of nitriles is 1. The second-order valence-corrected chi connectivity index (χ2v) is 5.68. The van der Waals surface area contributed by atoms with Gasteiger partial charge in [-0.2, -0.15) is 5.26 Å². The SMILES string of the molecule is CC1CCN(C(=O)/C(C#N)=C\Nc2ccccc2Cl)CC1. The molecule has 1 aromatic carbocycles. The average molecular weight is 304 g/mol. The number of rotatable bonds is 3. The second-order valence-electron chi connectivity index (χ2n) is 5.27. The monoisotopic (exact) mass is 303 g/mol. The zero-order valence-corrected chi connectivity index (χ0v) is 12.7. The van der Waals surface area contributed by atoms with Gasteiger partial charge in [-0.05, 0) is 30.9 Å². The molecule has 2 rings (SSSR count). The summed E-state index contributed by atoms with van der Waals surface area (Å²) in [6.45, 7) is 3.61. The summed E-state index contributed by atoms with van der Waals surface area (Å²) in [5.41, 5.74) is 0.774. The molecule has 0 radical (unpaired) electrons. The van der Waals surface area contributed by atoms with E-state index in [1.165, 1.54) is 6.20 Å². The smallest absolute Gasteiger partial charge is 0.266 e. The standard InChI is InChI=1S/C16H18ClN3O/c1-12-6-8-20(9-7-12)16(21)13(10-18)11-19-15-5-3-2-4-14(15)17/h2-5,11-12,19H,6-9H2,1H3/b13-11-. The van der Waals surface area contributed by atoms with Gasteiger partial charge >= 0.3 is 0 Å². The lowest BCUT2D eigenvalue weighted by Crippen LogP contribution is -2.38. The van der Waals surface area contributed by atoms with E-state index < -0.39 is 0 Å². The first-order chi connectivity index (χ1) is 10.1. The fourth-order valence-electron chi connectivity index (χ4n) is 2.25. The van der Waals surface area contributed by atoms with Gasteiger partial charge in [-0.1, -0.05) is 30.7 Å². The molecule has 0 saturated carbocycles. The Labute approximate surface area is 130 Å². The zero-order valence-electron chi connectivity index (χ0n) is 12.0. The molecule has 0 unspecified atom stereocenters. The van der Waals surface area contributed by atoms with E-state index in [1.54, 1.807) is 17.0 Å². The minimum atomic E-state index is -0.219. The van der Waals surface area contributed by atoms with Gasteiger partial charge in [0.25, 0.3) is 5.91 Å². The van der Waals surface area contributed by atoms with Crippen LogP contribution in [0.25, 0.3) is 0 Å². The molecule has 1 aromatic rings. The Morgan fingerprint density at radius 2 is 2.10 bits per heavy atom. The number of likely N-dealkylation sites (tertiary alicyclic amines) is 1. The van der Waals surface area contributed by atoms with Crippen LogP contribution in [0.1, 0.15) is 19.8 Å². The van der Waals surface area contributed by atoms with Crippen molar-refractivity contribution in [3.05, 3.63) is 41.1 Å². The largest absolute Gasteiger partial charge is 0.359 e. The fraction of sp³-hybridized carbons (Fsp3) is 0.375. The van der Waals surface area contributed by atoms with Gasteiger partial charge in [-0.3, -0.25) is 4.79 Å². The number of carbonyl (C=O) groups is 1. The van der Waals surface area contributed by atoms with Crippen molar-refractivity contribution in [2.24, 2.45) is 5.92 Å². The predicted octanol–water partition coefficient (Wildman–Crippen LogP) is 3.42. The van der Waals surface area contributed by atoms with E-state index in [0.29, 0.717) is 29.7 Å². The maximum Gasteiger partial charge on any atom is 0.266 e. The van der Waals surface area contributed by atoms with Crippen molar-refractivity contribution in [2.75, 3.05) is 18.4 Å². The molecule has 1 N–H and O–H groups in total. The molecule has 21 heavy (non-hydrogen) atoms. The highest BCUT2D eigenvalue weighted by atomic mass is 35.5. The van der Waals surface area contributed by atoms with Crippen molar-refractivity contribution < 1.29 is 4.79 Å². The van der Waals surface area contributed by atoms with Crippen molar-refractivity contribution in [3.8, 4) is 6.07 Å². The number of piperidine rings is 1.